The van der Waals surface area contributed by atoms with Crippen LogP contribution in [0.5, 0.6) is 5.75 Å². The van der Waals surface area contributed by atoms with E-state index in [2.05, 4.69) is 17.3 Å². The van der Waals surface area contributed by atoms with Crippen LogP contribution in [0.2, 0.25) is 0 Å². The molecule has 0 aromatic heterocycles. The van der Waals surface area contributed by atoms with E-state index in [1.807, 2.05) is 18.2 Å². The zero-order valence-corrected chi connectivity index (χ0v) is 16.8. The molecule has 0 spiro atoms. The number of hydrogen-bond donors (Lipinski definition) is 1. The molecule has 4 nitrogen and oxygen atoms in total. The molecular formula is C23H31FN2O2. The summed E-state index contributed by atoms with van der Waals surface area (Å²) in [5.41, 5.74) is 1.66. The predicted octanol–water partition coefficient (Wildman–Crippen LogP) is 4.01. The van der Waals surface area contributed by atoms with E-state index in [0.29, 0.717) is 36.3 Å². The van der Waals surface area contributed by atoms with Crippen LogP contribution in [0.4, 0.5) is 4.39 Å². The lowest BCUT2D eigenvalue weighted by Crippen LogP contribution is -2.33. The first-order valence-corrected chi connectivity index (χ1v) is 10.7. The molecule has 28 heavy (non-hydrogen) atoms. The summed E-state index contributed by atoms with van der Waals surface area (Å²) in [5.74, 6) is 1.13. The first kappa shape index (κ1) is 19.4. The number of likely N-dealkylation sites (tertiary alicyclic amines) is 1. The molecular weight excluding hydrogens is 355 g/mol. The van der Waals surface area contributed by atoms with Crippen molar-refractivity contribution in [2.24, 2.45) is 11.8 Å². The minimum atomic E-state index is -0.229. The van der Waals surface area contributed by atoms with Crippen molar-refractivity contribution in [2.75, 3.05) is 26.7 Å². The normalized spacial score (nSPS) is 23.9. The van der Waals surface area contributed by atoms with Gasteiger partial charge in [0.05, 0.1) is 6.61 Å². The van der Waals surface area contributed by atoms with Gasteiger partial charge in [-0.2, -0.15) is 0 Å². The van der Waals surface area contributed by atoms with Crippen LogP contribution < -0.4 is 10.1 Å². The topological polar surface area (TPSA) is 41.6 Å². The molecule has 0 bridgehead atoms. The SMILES string of the molecule is CN1CCC(COc2ccc(C3=CCC(C(=O)NC4CC4)CC3)c(F)c2)CC1. The summed E-state index contributed by atoms with van der Waals surface area (Å²) in [6.07, 6.45) is 8.76. The van der Waals surface area contributed by atoms with Crippen LogP contribution in [0, 0.1) is 17.7 Å². The Morgan fingerprint density at radius 1 is 1.21 bits per heavy atom. The van der Waals surface area contributed by atoms with Crippen molar-refractivity contribution in [3.8, 4) is 5.75 Å². The second-order valence-corrected chi connectivity index (χ2v) is 8.68. The average Bonchev–Trinajstić information content (AvgIpc) is 3.52. The molecule has 1 saturated heterocycles. The average molecular weight is 387 g/mol. The second kappa shape index (κ2) is 8.64. The third-order valence-electron chi connectivity index (χ3n) is 6.32. The minimum absolute atomic E-state index is 0.0320. The van der Waals surface area contributed by atoms with Crippen molar-refractivity contribution < 1.29 is 13.9 Å². The van der Waals surface area contributed by atoms with Crippen molar-refractivity contribution in [3.05, 3.63) is 35.7 Å². The highest BCUT2D eigenvalue weighted by atomic mass is 19.1. The van der Waals surface area contributed by atoms with Crippen molar-refractivity contribution in [3.63, 3.8) is 0 Å². The van der Waals surface area contributed by atoms with Gasteiger partial charge in [0.15, 0.2) is 0 Å². The molecule has 1 unspecified atom stereocenters. The van der Waals surface area contributed by atoms with E-state index in [1.54, 1.807) is 0 Å². The highest BCUT2D eigenvalue weighted by molar-refractivity contribution is 5.81. The molecule has 2 aliphatic carbocycles. The maximum Gasteiger partial charge on any atom is 0.223 e. The lowest BCUT2D eigenvalue weighted by molar-refractivity contribution is -0.125. The molecule has 1 N–H and O–H groups in total. The van der Waals surface area contributed by atoms with Gasteiger partial charge in [-0.25, -0.2) is 4.39 Å². The number of hydrogen-bond acceptors (Lipinski definition) is 3. The van der Waals surface area contributed by atoms with Crippen molar-refractivity contribution in [1.82, 2.24) is 10.2 Å². The standard InChI is InChI=1S/C23H31FN2O2/c1-26-12-10-16(11-13-26)15-28-20-8-9-21(22(24)14-20)17-2-4-18(5-3-17)23(27)25-19-6-7-19/h2,8-9,14,16,18-19H,3-7,10-13,15H2,1H3,(H,25,27). The third kappa shape index (κ3) is 4.93. The molecule has 1 heterocycles. The highest BCUT2D eigenvalue weighted by Crippen LogP contribution is 2.33. The Morgan fingerprint density at radius 3 is 2.64 bits per heavy atom. The number of allylic oxidation sites excluding steroid dienone is 2. The van der Waals surface area contributed by atoms with E-state index < -0.39 is 0 Å². The Kier molecular flexibility index (Phi) is 6.00. The number of rotatable bonds is 6. The van der Waals surface area contributed by atoms with Crippen LogP contribution in [-0.2, 0) is 4.79 Å². The summed E-state index contributed by atoms with van der Waals surface area (Å²) in [6.45, 7) is 2.87. The third-order valence-corrected chi connectivity index (χ3v) is 6.32. The zero-order chi connectivity index (χ0) is 19.5. The van der Waals surface area contributed by atoms with Crippen LogP contribution in [0.15, 0.2) is 24.3 Å². The number of carbonyl (C=O) groups is 1. The quantitative estimate of drug-likeness (QED) is 0.803. The Bertz CT molecular complexity index is 736. The van der Waals surface area contributed by atoms with Crippen LogP contribution in [0.3, 0.4) is 0 Å². The summed E-state index contributed by atoms with van der Waals surface area (Å²) >= 11 is 0. The molecule has 3 aliphatic rings. The summed E-state index contributed by atoms with van der Waals surface area (Å²) < 4.78 is 20.5. The lowest BCUT2D eigenvalue weighted by atomic mass is 9.86. The van der Waals surface area contributed by atoms with Crippen molar-refractivity contribution in [1.29, 1.82) is 0 Å². The van der Waals surface area contributed by atoms with Gasteiger partial charge in [0, 0.05) is 23.6 Å². The lowest BCUT2D eigenvalue weighted by Gasteiger charge is -2.28. The number of amides is 1. The number of benzene rings is 1. The first-order chi connectivity index (χ1) is 13.6. The van der Waals surface area contributed by atoms with Gasteiger partial charge >= 0.3 is 0 Å². The monoisotopic (exact) mass is 386 g/mol. The Labute approximate surface area is 167 Å². The van der Waals surface area contributed by atoms with Gasteiger partial charge in [0.25, 0.3) is 0 Å². The fraction of sp³-hybridized carbons (Fsp3) is 0.609. The summed E-state index contributed by atoms with van der Waals surface area (Å²) in [4.78, 5) is 14.5. The molecule has 1 aromatic carbocycles. The van der Waals surface area contributed by atoms with Gasteiger partial charge in [0.2, 0.25) is 5.91 Å². The predicted molar refractivity (Wildman–Crippen MR) is 109 cm³/mol. The molecule has 0 radical (unpaired) electrons. The molecule has 1 aromatic rings. The first-order valence-electron chi connectivity index (χ1n) is 10.7. The molecule has 1 amide bonds. The molecule has 1 aliphatic heterocycles. The van der Waals surface area contributed by atoms with Crippen LogP contribution >= 0.6 is 0 Å². The van der Waals surface area contributed by atoms with E-state index in [0.717, 1.165) is 57.2 Å². The number of ether oxygens (including phenoxy) is 1. The number of carbonyl (C=O) groups excluding carboxylic acids is 1. The smallest absolute Gasteiger partial charge is 0.223 e. The summed E-state index contributed by atoms with van der Waals surface area (Å²) in [7, 11) is 2.15. The van der Waals surface area contributed by atoms with Crippen LogP contribution in [0.1, 0.15) is 50.5 Å². The van der Waals surface area contributed by atoms with E-state index in [-0.39, 0.29) is 17.6 Å². The second-order valence-electron chi connectivity index (χ2n) is 8.68. The van der Waals surface area contributed by atoms with Gasteiger partial charge in [0.1, 0.15) is 11.6 Å². The summed E-state index contributed by atoms with van der Waals surface area (Å²) in [5, 5.41) is 3.08. The van der Waals surface area contributed by atoms with Gasteiger partial charge in [-0.05, 0) is 88.7 Å². The molecule has 2 fully saturated rings. The molecule has 1 atom stereocenters. The van der Waals surface area contributed by atoms with Gasteiger partial charge < -0.3 is 15.0 Å². The van der Waals surface area contributed by atoms with E-state index >= 15 is 0 Å². The van der Waals surface area contributed by atoms with Gasteiger partial charge in [-0.1, -0.05) is 6.08 Å². The fourth-order valence-electron chi connectivity index (χ4n) is 4.15. The zero-order valence-electron chi connectivity index (χ0n) is 16.8. The molecule has 152 valence electrons. The number of halogens is 1. The Morgan fingerprint density at radius 2 is 2.00 bits per heavy atom. The fourth-order valence-corrected chi connectivity index (χ4v) is 4.15. The van der Waals surface area contributed by atoms with Crippen LogP contribution in [0.25, 0.3) is 5.57 Å². The molecule has 1 saturated carbocycles. The largest absolute Gasteiger partial charge is 0.493 e. The van der Waals surface area contributed by atoms with E-state index in [9.17, 15) is 9.18 Å². The van der Waals surface area contributed by atoms with E-state index in [4.69, 9.17) is 4.74 Å². The number of piperidine rings is 1. The summed E-state index contributed by atoms with van der Waals surface area (Å²) in [6, 6.07) is 5.62. The van der Waals surface area contributed by atoms with E-state index in [1.165, 1.54) is 6.07 Å². The highest BCUT2D eigenvalue weighted by Gasteiger charge is 2.28. The minimum Gasteiger partial charge on any atom is -0.493 e. The molecule has 5 heteroatoms. The van der Waals surface area contributed by atoms with Gasteiger partial charge in [-0.15, -0.1) is 0 Å². The maximum absolute atomic E-state index is 14.7. The number of nitrogens with zero attached hydrogens (tertiary/aromatic N) is 1. The van der Waals surface area contributed by atoms with Crippen molar-refractivity contribution in [2.45, 2.75) is 51.0 Å². The van der Waals surface area contributed by atoms with Crippen LogP contribution in [-0.4, -0.2) is 43.6 Å². The van der Waals surface area contributed by atoms with Gasteiger partial charge in [-0.3, -0.25) is 4.79 Å². The molecule has 4 rings (SSSR count). The Balaban J connectivity index is 1.31. The van der Waals surface area contributed by atoms with Crippen molar-refractivity contribution >= 4 is 11.5 Å². The number of nitrogens with one attached hydrogen (secondary N) is 1. The maximum atomic E-state index is 14.7. The Hall–Kier alpha value is -1.88.